The van der Waals surface area contributed by atoms with Gasteiger partial charge in [0.25, 0.3) is 0 Å². The second kappa shape index (κ2) is 3.56. The number of halogens is 1. The maximum atomic E-state index is 6.01. The molecule has 0 saturated carbocycles. The minimum absolute atomic E-state index is 0.292. The molecule has 3 heteroatoms. The summed E-state index contributed by atoms with van der Waals surface area (Å²) in [6.45, 7) is 3.86. The first-order chi connectivity index (χ1) is 6.25. The van der Waals surface area contributed by atoms with Crippen LogP contribution in [0.15, 0.2) is 18.2 Å². The molecule has 0 aliphatic carbocycles. The van der Waals surface area contributed by atoms with Gasteiger partial charge in [-0.05, 0) is 24.6 Å². The lowest BCUT2D eigenvalue weighted by atomic mass is 10.2. The Morgan fingerprint density at radius 2 is 2.23 bits per heavy atom. The van der Waals surface area contributed by atoms with Gasteiger partial charge >= 0.3 is 0 Å². The Morgan fingerprint density at radius 1 is 1.46 bits per heavy atom. The molecule has 1 aromatic rings. The predicted molar refractivity (Wildman–Crippen MR) is 53.5 cm³/mol. The first-order valence-corrected chi connectivity index (χ1v) is 4.77. The molecule has 13 heavy (non-hydrogen) atoms. The van der Waals surface area contributed by atoms with Crippen molar-refractivity contribution in [2.75, 3.05) is 13.1 Å². The van der Waals surface area contributed by atoms with Crippen molar-refractivity contribution in [2.24, 2.45) is 0 Å². The van der Waals surface area contributed by atoms with Crippen LogP contribution in [-0.2, 0) is 0 Å². The molecular formula is C10H12ClNO. The largest absolute Gasteiger partial charge is 0.486 e. The molecule has 70 valence electrons. The lowest BCUT2D eigenvalue weighted by Gasteiger charge is -2.28. The summed E-state index contributed by atoms with van der Waals surface area (Å²) in [5.74, 6) is 0.791. The van der Waals surface area contributed by atoms with Crippen LogP contribution >= 0.6 is 11.6 Å². The molecule has 0 radical (unpaired) electrons. The number of nitrogens with one attached hydrogen (secondary N) is 1. The lowest BCUT2D eigenvalue weighted by Crippen LogP contribution is -2.50. The molecule has 1 aliphatic heterocycles. The third kappa shape index (κ3) is 1.95. The van der Waals surface area contributed by atoms with E-state index in [0.717, 1.165) is 24.4 Å². The molecule has 1 aliphatic rings. The fraction of sp³-hybridized carbons (Fsp3) is 0.400. The average molecular weight is 198 g/mol. The van der Waals surface area contributed by atoms with Crippen molar-refractivity contribution in [1.82, 2.24) is 5.32 Å². The molecule has 0 amide bonds. The van der Waals surface area contributed by atoms with Crippen molar-refractivity contribution in [1.29, 1.82) is 0 Å². The van der Waals surface area contributed by atoms with Gasteiger partial charge in [0.05, 0.1) is 5.02 Å². The van der Waals surface area contributed by atoms with Crippen LogP contribution in [0.2, 0.25) is 5.02 Å². The SMILES string of the molecule is Cc1ccc(OC2CNC2)c(Cl)c1. The summed E-state index contributed by atoms with van der Waals surface area (Å²) in [5.41, 5.74) is 1.16. The van der Waals surface area contributed by atoms with Crippen LogP contribution in [0, 0.1) is 6.92 Å². The fourth-order valence-electron chi connectivity index (χ4n) is 1.23. The highest BCUT2D eigenvalue weighted by Gasteiger charge is 2.19. The molecule has 2 nitrogen and oxygen atoms in total. The summed E-state index contributed by atoms with van der Waals surface area (Å²) < 4.78 is 5.64. The van der Waals surface area contributed by atoms with E-state index >= 15 is 0 Å². The fourth-order valence-corrected chi connectivity index (χ4v) is 1.51. The maximum Gasteiger partial charge on any atom is 0.138 e. The topological polar surface area (TPSA) is 21.3 Å². The van der Waals surface area contributed by atoms with Gasteiger partial charge in [-0.25, -0.2) is 0 Å². The van der Waals surface area contributed by atoms with E-state index in [9.17, 15) is 0 Å². The Morgan fingerprint density at radius 3 is 2.77 bits per heavy atom. The van der Waals surface area contributed by atoms with Crippen LogP contribution in [0.1, 0.15) is 5.56 Å². The van der Waals surface area contributed by atoms with Gasteiger partial charge in [-0.1, -0.05) is 17.7 Å². The number of aryl methyl sites for hydroxylation is 1. The Kier molecular flexibility index (Phi) is 2.42. The van der Waals surface area contributed by atoms with E-state index in [1.807, 2.05) is 25.1 Å². The van der Waals surface area contributed by atoms with Crippen LogP contribution in [-0.4, -0.2) is 19.2 Å². The zero-order chi connectivity index (χ0) is 9.26. The molecule has 1 saturated heterocycles. The Bertz CT molecular complexity index is 310. The number of benzene rings is 1. The van der Waals surface area contributed by atoms with Crippen molar-refractivity contribution in [3.05, 3.63) is 28.8 Å². The molecule has 0 atom stereocenters. The molecule has 1 heterocycles. The summed E-state index contributed by atoms with van der Waals surface area (Å²) in [6.07, 6.45) is 0.292. The zero-order valence-corrected chi connectivity index (χ0v) is 8.27. The van der Waals surface area contributed by atoms with Crippen LogP contribution in [0.3, 0.4) is 0 Å². The van der Waals surface area contributed by atoms with Crippen molar-refractivity contribution < 1.29 is 4.74 Å². The van der Waals surface area contributed by atoms with Crippen LogP contribution < -0.4 is 10.1 Å². The number of hydrogen-bond donors (Lipinski definition) is 1. The zero-order valence-electron chi connectivity index (χ0n) is 7.51. The smallest absolute Gasteiger partial charge is 0.138 e. The molecule has 0 aromatic heterocycles. The summed E-state index contributed by atoms with van der Waals surface area (Å²) in [4.78, 5) is 0. The monoisotopic (exact) mass is 197 g/mol. The second-order valence-electron chi connectivity index (χ2n) is 3.33. The first-order valence-electron chi connectivity index (χ1n) is 4.39. The number of hydrogen-bond acceptors (Lipinski definition) is 2. The van der Waals surface area contributed by atoms with Crippen LogP contribution in [0.5, 0.6) is 5.75 Å². The van der Waals surface area contributed by atoms with Gasteiger partial charge in [-0.2, -0.15) is 0 Å². The van der Waals surface area contributed by atoms with E-state index in [4.69, 9.17) is 16.3 Å². The molecular weight excluding hydrogens is 186 g/mol. The minimum Gasteiger partial charge on any atom is -0.486 e. The van der Waals surface area contributed by atoms with Gasteiger partial charge in [0.1, 0.15) is 11.9 Å². The van der Waals surface area contributed by atoms with Crippen molar-refractivity contribution in [3.63, 3.8) is 0 Å². The van der Waals surface area contributed by atoms with E-state index in [2.05, 4.69) is 5.32 Å². The third-order valence-corrected chi connectivity index (χ3v) is 2.42. The van der Waals surface area contributed by atoms with E-state index in [1.165, 1.54) is 0 Å². The van der Waals surface area contributed by atoms with E-state index < -0.39 is 0 Å². The number of ether oxygens (including phenoxy) is 1. The van der Waals surface area contributed by atoms with Crippen LogP contribution in [0.25, 0.3) is 0 Å². The average Bonchev–Trinajstić information content (AvgIpc) is 1.99. The Balaban J connectivity index is 2.10. The van der Waals surface area contributed by atoms with Gasteiger partial charge in [-0.3, -0.25) is 0 Å². The standard InChI is InChI=1S/C10H12ClNO/c1-7-2-3-10(9(11)4-7)13-8-5-12-6-8/h2-4,8,12H,5-6H2,1H3. The number of rotatable bonds is 2. The van der Waals surface area contributed by atoms with E-state index in [0.29, 0.717) is 11.1 Å². The molecule has 0 spiro atoms. The third-order valence-electron chi connectivity index (χ3n) is 2.13. The molecule has 0 bridgehead atoms. The molecule has 1 N–H and O–H groups in total. The predicted octanol–water partition coefficient (Wildman–Crippen LogP) is 2.00. The Labute approximate surface area is 82.9 Å². The van der Waals surface area contributed by atoms with Crippen molar-refractivity contribution in [3.8, 4) is 5.75 Å². The Hall–Kier alpha value is -0.730. The van der Waals surface area contributed by atoms with Gasteiger partial charge in [0.2, 0.25) is 0 Å². The maximum absolute atomic E-state index is 6.01. The van der Waals surface area contributed by atoms with Gasteiger partial charge in [-0.15, -0.1) is 0 Å². The minimum atomic E-state index is 0.292. The first kappa shape index (κ1) is 8.85. The summed E-state index contributed by atoms with van der Waals surface area (Å²) in [5, 5.41) is 3.85. The second-order valence-corrected chi connectivity index (χ2v) is 3.74. The lowest BCUT2D eigenvalue weighted by molar-refractivity contribution is 0.142. The molecule has 0 unspecified atom stereocenters. The van der Waals surface area contributed by atoms with E-state index in [1.54, 1.807) is 0 Å². The van der Waals surface area contributed by atoms with Gasteiger partial charge < -0.3 is 10.1 Å². The van der Waals surface area contributed by atoms with E-state index in [-0.39, 0.29) is 0 Å². The normalized spacial score (nSPS) is 16.8. The van der Waals surface area contributed by atoms with Gasteiger partial charge in [0.15, 0.2) is 0 Å². The highest BCUT2D eigenvalue weighted by molar-refractivity contribution is 6.32. The molecule has 1 fully saturated rings. The van der Waals surface area contributed by atoms with Crippen molar-refractivity contribution in [2.45, 2.75) is 13.0 Å². The highest BCUT2D eigenvalue weighted by Crippen LogP contribution is 2.26. The summed E-state index contributed by atoms with van der Waals surface area (Å²) in [6, 6.07) is 5.85. The molecule has 1 aromatic carbocycles. The highest BCUT2D eigenvalue weighted by atomic mass is 35.5. The van der Waals surface area contributed by atoms with Crippen molar-refractivity contribution >= 4 is 11.6 Å². The van der Waals surface area contributed by atoms with Gasteiger partial charge in [0, 0.05) is 13.1 Å². The summed E-state index contributed by atoms with van der Waals surface area (Å²) >= 11 is 6.01. The molecule has 2 rings (SSSR count). The summed E-state index contributed by atoms with van der Waals surface area (Å²) in [7, 11) is 0. The van der Waals surface area contributed by atoms with Crippen LogP contribution in [0.4, 0.5) is 0 Å². The quantitative estimate of drug-likeness (QED) is 0.783.